The van der Waals surface area contributed by atoms with Crippen LogP contribution in [0.4, 0.5) is 10.1 Å². The number of carbonyl (C=O) groups is 1. The Morgan fingerprint density at radius 1 is 1.00 bits per heavy atom. The highest BCUT2D eigenvalue weighted by Crippen LogP contribution is 2.14. The van der Waals surface area contributed by atoms with Crippen molar-refractivity contribution in [2.75, 3.05) is 32.6 Å². The van der Waals surface area contributed by atoms with Gasteiger partial charge in [0.2, 0.25) is 5.91 Å². The molecule has 0 aliphatic heterocycles. The largest absolute Gasteiger partial charge is 0.493 e. The maximum atomic E-state index is 12.8. The molecule has 0 atom stereocenters. The quantitative estimate of drug-likeness (QED) is 0.781. The number of nitrogens with zero attached hydrogens (tertiary/aromatic N) is 2. The summed E-state index contributed by atoms with van der Waals surface area (Å²) >= 11 is 0. The van der Waals surface area contributed by atoms with Crippen LogP contribution in [0.25, 0.3) is 0 Å². The van der Waals surface area contributed by atoms with Crippen LogP contribution in [0.2, 0.25) is 0 Å². The number of carbonyl (C=O) groups excluding carboxylic acids is 1. The Balaban J connectivity index is 1.78. The fraction of sp³-hybridized carbons (Fsp3) is 0.316. The first-order valence-electron chi connectivity index (χ1n) is 7.84. The molecule has 0 aromatic heterocycles. The molecule has 0 spiro atoms. The van der Waals surface area contributed by atoms with Crippen LogP contribution in [0.15, 0.2) is 48.5 Å². The van der Waals surface area contributed by atoms with E-state index in [2.05, 4.69) is 0 Å². The summed E-state index contributed by atoms with van der Waals surface area (Å²) in [6.07, 6.45) is 0.281. The minimum Gasteiger partial charge on any atom is -0.493 e. The lowest BCUT2D eigenvalue weighted by molar-refractivity contribution is -0.130. The first kappa shape index (κ1) is 17.8. The van der Waals surface area contributed by atoms with E-state index in [1.165, 1.54) is 12.1 Å². The van der Waals surface area contributed by atoms with Gasteiger partial charge in [0, 0.05) is 33.4 Å². The minimum atomic E-state index is -0.307. The van der Waals surface area contributed by atoms with Gasteiger partial charge in [0.1, 0.15) is 11.6 Å². The summed E-state index contributed by atoms with van der Waals surface area (Å²) < 4.78 is 18.3. The predicted molar refractivity (Wildman–Crippen MR) is 93.8 cm³/mol. The van der Waals surface area contributed by atoms with Crippen LogP contribution in [0.3, 0.4) is 0 Å². The zero-order valence-corrected chi connectivity index (χ0v) is 14.3. The second kappa shape index (κ2) is 8.34. The van der Waals surface area contributed by atoms with Crippen LogP contribution in [0, 0.1) is 5.82 Å². The maximum Gasteiger partial charge on any atom is 0.226 e. The van der Waals surface area contributed by atoms with Crippen molar-refractivity contribution < 1.29 is 13.9 Å². The molecule has 0 bridgehead atoms. The number of rotatable bonds is 7. The summed E-state index contributed by atoms with van der Waals surface area (Å²) in [6, 6.07) is 13.9. The number of halogens is 1. The monoisotopic (exact) mass is 330 g/mol. The van der Waals surface area contributed by atoms with E-state index in [4.69, 9.17) is 4.74 Å². The summed E-state index contributed by atoms with van der Waals surface area (Å²) in [5.41, 5.74) is 2.20. The third-order valence-electron chi connectivity index (χ3n) is 3.70. The molecule has 0 heterocycles. The average Bonchev–Trinajstić information content (AvgIpc) is 2.57. The number of amides is 1. The van der Waals surface area contributed by atoms with Crippen molar-refractivity contribution in [2.45, 2.75) is 13.0 Å². The van der Waals surface area contributed by atoms with E-state index in [0.717, 1.165) is 11.3 Å². The third-order valence-corrected chi connectivity index (χ3v) is 3.70. The second-order valence-electron chi connectivity index (χ2n) is 5.86. The Bertz CT molecular complexity index is 654. The smallest absolute Gasteiger partial charge is 0.226 e. The Morgan fingerprint density at radius 3 is 2.21 bits per heavy atom. The van der Waals surface area contributed by atoms with Gasteiger partial charge in [-0.2, -0.15) is 0 Å². The molecule has 0 unspecified atom stereocenters. The maximum absolute atomic E-state index is 12.8. The van der Waals surface area contributed by atoms with Crippen molar-refractivity contribution in [1.82, 2.24) is 4.90 Å². The summed E-state index contributed by atoms with van der Waals surface area (Å²) in [6.45, 7) is 0.831. The molecular formula is C19H23FN2O2. The van der Waals surface area contributed by atoms with Crippen molar-refractivity contribution in [1.29, 1.82) is 0 Å². The van der Waals surface area contributed by atoms with E-state index in [0.29, 0.717) is 12.3 Å². The fourth-order valence-corrected chi connectivity index (χ4v) is 2.24. The van der Waals surface area contributed by atoms with Gasteiger partial charge in [-0.05, 0) is 42.0 Å². The fourth-order valence-electron chi connectivity index (χ4n) is 2.24. The summed E-state index contributed by atoms with van der Waals surface area (Å²) in [5.74, 6) is 0.262. The van der Waals surface area contributed by atoms with Crippen molar-refractivity contribution in [3.8, 4) is 5.75 Å². The molecule has 0 saturated heterocycles. The molecule has 4 nitrogen and oxygen atoms in total. The van der Waals surface area contributed by atoms with Gasteiger partial charge in [-0.1, -0.05) is 12.1 Å². The van der Waals surface area contributed by atoms with Crippen LogP contribution in [-0.4, -0.2) is 38.6 Å². The van der Waals surface area contributed by atoms with Gasteiger partial charge in [0.25, 0.3) is 0 Å². The first-order valence-corrected chi connectivity index (χ1v) is 7.84. The molecule has 0 fully saturated rings. The lowest BCUT2D eigenvalue weighted by Gasteiger charge is -2.18. The Hall–Kier alpha value is -2.56. The number of benzene rings is 2. The third kappa shape index (κ3) is 5.26. The topological polar surface area (TPSA) is 32.8 Å². The molecule has 0 radical (unpaired) electrons. The van der Waals surface area contributed by atoms with E-state index >= 15 is 0 Å². The zero-order chi connectivity index (χ0) is 17.5. The molecule has 128 valence electrons. The number of anilines is 1. The predicted octanol–water partition coefficient (Wildman–Crippen LogP) is 3.32. The molecule has 0 aliphatic carbocycles. The van der Waals surface area contributed by atoms with Gasteiger partial charge in [-0.15, -0.1) is 0 Å². The minimum absolute atomic E-state index is 0.00815. The molecule has 0 saturated carbocycles. The van der Waals surface area contributed by atoms with E-state index in [9.17, 15) is 9.18 Å². The van der Waals surface area contributed by atoms with Crippen LogP contribution < -0.4 is 9.64 Å². The van der Waals surface area contributed by atoms with Gasteiger partial charge in [0.05, 0.1) is 13.0 Å². The highest BCUT2D eigenvalue weighted by atomic mass is 19.1. The van der Waals surface area contributed by atoms with Crippen molar-refractivity contribution in [3.63, 3.8) is 0 Å². The van der Waals surface area contributed by atoms with Crippen molar-refractivity contribution in [2.24, 2.45) is 0 Å². The Labute approximate surface area is 142 Å². The average molecular weight is 330 g/mol. The van der Waals surface area contributed by atoms with Gasteiger partial charge in [-0.25, -0.2) is 4.39 Å². The lowest BCUT2D eigenvalue weighted by atomic mass is 10.2. The van der Waals surface area contributed by atoms with Crippen LogP contribution in [-0.2, 0) is 11.3 Å². The standard InChI is InChI=1S/C19H23FN2O2/c1-21(2)17-8-4-15(5-9-17)14-22(3)19(23)12-13-24-18-10-6-16(20)7-11-18/h4-11H,12-14H2,1-3H3. The highest BCUT2D eigenvalue weighted by Gasteiger charge is 2.10. The van der Waals surface area contributed by atoms with E-state index in [1.807, 2.05) is 43.3 Å². The van der Waals surface area contributed by atoms with Gasteiger partial charge < -0.3 is 14.5 Å². The molecule has 0 aliphatic rings. The van der Waals surface area contributed by atoms with Gasteiger partial charge >= 0.3 is 0 Å². The molecule has 24 heavy (non-hydrogen) atoms. The van der Waals surface area contributed by atoms with Crippen LogP contribution >= 0.6 is 0 Å². The van der Waals surface area contributed by atoms with Gasteiger partial charge in [-0.3, -0.25) is 4.79 Å². The van der Waals surface area contributed by atoms with Crippen molar-refractivity contribution >= 4 is 11.6 Å². The van der Waals surface area contributed by atoms with E-state index in [1.54, 1.807) is 24.1 Å². The molecular weight excluding hydrogens is 307 g/mol. The second-order valence-corrected chi connectivity index (χ2v) is 5.86. The van der Waals surface area contributed by atoms with E-state index in [-0.39, 0.29) is 24.8 Å². The van der Waals surface area contributed by atoms with E-state index < -0.39 is 0 Å². The van der Waals surface area contributed by atoms with Crippen molar-refractivity contribution in [3.05, 3.63) is 59.9 Å². The molecule has 2 rings (SSSR count). The SMILES string of the molecule is CN(Cc1ccc(N(C)C)cc1)C(=O)CCOc1ccc(F)cc1. The molecule has 0 N–H and O–H groups in total. The summed E-state index contributed by atoms with van der Waals surface area (Å²) in [7, 11) is 5.76. The summed E-state index contributed by atoms with van der Waals surface area (Å²) in [4.78, 5) is 15.9. The molecule has 2 aromatic carbocycles. The molecule has 1 amide bonds. The highest BCUT2D eigenvalue weighted by molar-refractivity contribution is 5.76. The van der Waals surface area contributed by atoms with Gasteiger partial charge in [0.15, 0.2) is 0 Å². The number of hydrogen-bond acceptors (Lipinski definition) is 3. The van der Waals surface area contributed by atoms with Crippen LogP contribution in [0.5, 0.6) is 5.75 Å². The van der Waals surface area contributed by atoms with Crippen LogP contribution in [0.1, 0.15) is 12.0 Å². The lowest BCUT2D eigenvalue weighted by Crippen LogP contribution is -2.27. The Morgan fingerprint density at radius 2 is 1.62 bits per heavy atom. The summed E-state index contributed by atoms with van der Waals surface area (Å²) in [5, 5.41) is 0. The Kier molecular flexibility index (Phi) is 6.18. The zero-order valence-electron chi connectivity index (χ0n) is 14.3. The molecule has 2 aromatic rings. The first-order chi connectivity index (χ1) is 11.5. The normalized spacial score (nSPS) is 10.3. The number of hydrogen-bond donors (Lipinski definition) is 0. The number of ether oxygens (including phenoxy) is 1. The molecule has 5 heteroatoms.